The van der Waals surface area contributed by atoms with Gasteiger partial charge in [-0.2, -0.15) is 13.2 Å². The van der Waals surface area contributed by atoms with Gasteiger partial charge in [0, 0.05) is 18.7 Å². The average molecular weight is 310 g/mol. The van der Waals surface area contributed by atoms with Crippen LogP contribution in [0.25, 0.3) is 0 Å². The number of halogens is 4. The standard InChI is InChI=1S/C12H15ClF3N3O/c13-9-6-7(17)5-8(11(18)20)10(9)19-4-2-1-3-12(14,15)16/h5-6,19H,1-4,17H2,(H2,18,20). The molecule has 0 aliphatic rings. The number of nitrogens with one attached hydrogen (secondary N) is 1. The number of carbonyl (C=O) groups excluding carboxylic acids is 1. The molecule has 0 aliphatic carbocycles. The maximum Gasteiger partial charge on any atom is 0.389 e. The highest BCUT2D eigenvalue weighted by atomic mass is 35.5. The molecule has 0 heterocycles. The fourth-order valence-corrected chi connectivity index (χ4v) is 1.96. The van der Waals surface area contributed by atoms with E-state index in [2.05, 4.69) is 5.32 Å². The molecule has 0 spiro atoms. The van der Waals surface area contributed by atoms with Gasteiger partial charge in [0.05, 0.1) is 16.3 Å². The number of hydrogen-bond acceptors (Lipinski definition) is 3. The first-order valence-electron chi connectivity index (χ1n) is 5.90. The molecule has 1 rings (SSSR count). The molecule has 20 heavy (non-hydrogen) atoms. The molecular weight excluding hydrogens is 295 g/mol. The van der Waals surface area contributed by atoms with Crippen molar-refractivity contribution in [2.45, 2.75) is 25.4 Å². The van der Waals surface area contributed by atoms with Crippen LogP contribution in [0.4, 0.5) is 24.5 Å². The predicted molar refractivity (Wildman–Crippen MR) is 72.8 cm³/mol. The Balaban J connectivity index is 2.62. The summed E-state index contributed by atoms with van der Waals surface area (Å²) in [5.41, 5.74) is 11.4. The number of nitrogens with two attached hydrogens (primary N) is 2. The summed E-state index contributed by atoms with van der Waals surface area (Å²) in [5.74, 6) is -0.711. The van der Waals surface area contributed by atoms with Crippen LogP contribution < -0.4 is 16.8 Å². The molecule has 0 unspecified atom stereocenters. The van der Waals surface area contributed by atoms with E-state index in [4.69, 9.17) is 23.1 Å². The van der Waals surface area contributed by atoms with Crippen LogP contribution in [0.1, 0.15) is 29.6 Å². The molecule has 0 aliphatic heterocycles. The number of amides is 1. The van der Waals surface area contributed by atoms with Crippen molar-refractivity contribution in [3.8, 4) is 0 Å². The Kier molecular flexibility index (Phi) is 5.50. The number of rotatable bonds is 6. The lowest BCUT2D eigenvalue weighted by atomic mass is 10.1. The smallest absolute Gasteiger partial charge is 0.389 e. The van der Waals surface area contributed by atoms with Crippen molar-refractivity contribution in [3.05, 3.63) is 22.7 Å². The van der Waals surface area contributed by atoms with Crippen molar-refractivity contribution >= 4 is 28.9 Å². The van der Waals surface area contributed by atoms with E-state index in [1.54, 1.807) is 0 Å². The number of nitrogen functional groups attached to an aromatic ring is 1. The molecule has 4 nitrogen and oxygen atoms in total. The Morgan fingerprint density at radius 3 is 2.50 bits per heavy atom. The Bertz CT molecular complexity index is 492. The Morgan fingerprint density at radius 1 is 1.30 bits per heavy atom. The SMILES string of the molecule is NC(=O)c1cc(N)cc(Cl)c1NCCCCC(F)(F)F. The zero-order valence-corrected chi connectivity index (χ0v) is 11.3. The highest BCUT2D eigenvalue weighted by molar-refractivity contribution is 6.34. The third-order valence-electron chi connectivity index (χ3n) is 2.57. The summed E-state index contributed by atoms with van der Waals surface area (Å²) in [7, 11) is 0. The molecule has 1 amide bonds. The quantitative estimate of drug-likeness (QED) is 0.557. The van der Waals surface area contributed by atoms with E-state index in [9.17, 15) is 18.0 Å². The van der Waals surface area contributed by atoms with Crippen molar-refractivity contribution in [2.24, 2.45) is 5.73 Å². The molecular formula is C12H15ClF3N3O. The lowest BCUT2D eigenvalue weighted by Crippen LogP contribution is -2.16. The largest absolute Gasteiger partial charge is 0.399 e. The van der Waals surface area contributed by atoms with Gasteiger partial charge in [0.25, 0.3) is 5.91 Å². The van der Waals surface area contributed by atoms with Crippen LogP contribution in [0, 0.1) is 0 Å². The molecule has 1 aromatic carbocycles. The van der Waals surface area contributed by atoms with Crippen LogP contribution in [0.15, 0.2) is 12.1 Å². The third kappa shape index (κ3) is 5.16. The van der Waals surface area contributed by atoms with Crippen molar-refractivity contribution in [2.75, 3.05) is 17.6 Å². The lowest BCUT2D eigenvalue weighted by Gasteiger charge is -2.13. The number of anilines is 2. The van der Waals surface area contributed by atoms with Gasteiger partial charge >= 0.3 is 6.18 Å². The number of primary amides is 1. The second-order valence-electron chi connectivity index (χ2n) is 4.29. The van der Waals surface area contributed by atoms with Gasteiger partial charge < -0.3 is 16.8 Å². The molecule has 0 aromatic heterocycles. The topological polar surface area (TPSA) is 81.1 Å². The number of hydrogen-bond donors (Lipinski definition) is 3. The van der Waals surface area contributed by atoms with Gasteiger partial charge in [0.15, 0.2) is 0 Å². The van der Waals surface area contributed by atoms with Crippen LogP contribution in [0.5, 0.6) is 0 Å². The Morgan fingerprint density at radius 2 is 1.95 bits per heavy atom. The molecule has 0 saturated carbocycles. The van der Waals surface area contributed by atoms with Gasteiger partial charge in [-0.3, -0.25) is 4.79 Å². The summed E-state index contributed by atoms with van der Waals surface area (Å²) in [5, 5.41) is 3.02. The minimum atomic E-state index is -4.16. The van der Waals surface area contributed by atoms with Crippen LogP contribution in [0.2, 0.25) is 5.02 Å². The van der Waals surface area contributed by atoms with E-state index in [-0.39, 0.29) is 29.2 Å². The first-order chi connectivity index (χ1) is 9.20. The van der Waals surface area contributed by atoms with Gasteiger partial charge in [0.1, 0.15) is 0 Å². The zero-order valence-electron chi connectivity index (χ0n) is 10.6. The molecule has 8 heteroatoms. The van der Waals surface area contributed by atoms with Gasteiger partial charge in [-0.1, -0.05) is 11.6 Å². The van der Waals surface area contributed by atoms with Crippen LogP contribution in [0.3, 0.4) is 0 Å². The summed E-state index contributed by atoms with van der Waals surface area (Å²) >= 11 is 5.93. The van der Waals surface area contributed by atoms with Crippen LogP contribution >= 0.6 is 11.6 Å². The number of benzene rings is 1. The monoisotopic (exact) mass is 309 g/mol. The van der Waals surface area contributed by atoms with Gasteiger partial charge in [-0.05, 0) is 25.0 Å². The van der Waals surface area contributed by atoms with Crippen molar-refractivity contribution < 1.29 is 18.0 Å². The van der Waals surface area contributed by atoms with E-state index < -0.39 is 18.5 Å². The normalized spacial score (nSPS) is 11.4. The van der Waals surface area contributed by atoms with Crippen LogP contribution in [-0.2, 0) is 0 Å². The van der Waals surface area contributed by atoms with Gasteiger partial charge in [0.2, 0.25) is 0 Å². The lowest BCUT2D eigenvalue weighted by molar-refractivity contribution is -0.135. The minimum Gasteiger partial charge on any atom is -0.399 e. The van der Waals surface area contributed by atoms with E-state index in [0.29, 0.717) is 12.1 Å². The van der Waals surface area contributed by atoms with E-state index in [0.717, 1.165) is 0 Å². The Hall–Kier alpha value is -1.63. The summed E-state index contributed by atoms with van der Waals surface area (Å²) < 4.78 is 35.9. The molecule has 0 saturated heterocycles. The number of carbonyl (C=O) groups is 1. The number of alkyl halides is 3. The second kappa shape index (κ2) is 6.69. The molecule has 0 fully saturated rings. The van der Waals surface area contributed by atoms with Gasteiger partial charge in [-0.15, -0.1) is 0 Å². The molecule has 0 radical (unpaired) electrons. The number of unbranched alkanes of at least 4 members (excludes halogenated alkanes) is 1. The summed E-state index contributed by atoms with van der Waals surface area (Å²) in [6, 6.07) is 2.80. The highest BCUT2D eigenvalue weighted by Gasteiger charge is 2.25. The van der Waals surface area contributed by atoms with E-state index in [1.807, 2.05) is 0 Å². The van der Waals surface area contributed by atoms with Crippen molar-refractivity contribution in [3.63, 3.8) is 0 Å². The minimum absolute atomic E-state index is 0.00496. The second-order valence-corrected chi connectivity index (χ2v) is 4.70. The van der Waals surface area contributed by atoms with Crippen molar-refractivity contribution in [1.82, 2.24) is 0 Å². The zero-order chi connectivity index (χ0) is 15.3. The fourth-order valence-electron chi connectivity index (χ4n) is 1.67. The molecule has 5 N–H and O–H groups in total. The first kappa shape index (κ1) is 16.4. The fraction of sp³-hybridized carbons (Fsp3) is 0.417. The van der Waals surface area contributed by atoms with Crippen LogP contribution in [-0.4, -0.2) is 18.6 Å². The molecule has 112 valence electrons. The summed E-state index contributed by atoms with van der Waals surface area (Å²) in [6.45, 7) is 0.250. The predicted octanol–water partition coefficient (Wildman–Crippen LogP) is 3.17. The van der Waals surface area contributed by atoms with E-state index >= 15 is 0 Å². The summed E-state index contributed by atoms with van der Waals surface area (Å²) in [6.07, 6.45) is -4.71. The maximum absolute atomic E-state index is 12.0. The maximum atomic E-state index is 12.0. The first-order valence-corrected chi connectivity index (χ1v) is 6.28. The molecule has 0 bridgehead atoms. The average Bonchev–Trinajstić information content (AvgIpc) is 2.28. The van der Waals surface area contributed by atoms with E-state index in [1.165, 1.54) is 12.1 Å². The van der Waals surface area contributed by atoms with Crippen molar-refractivity contribution in [1.29, 1.82) is 0 Å². The molecule has 0 atom stereocenters. The highest BCUT2D eigenvalue weighted by Crippen LogP contribution is 2.29. The summed E-state index contributed by atoms with van der Waals surface area (Å²) in [4.78, 5) is 11.3. The molecule has 1 aromatic rings. The van der Waals surface area contributed by atoms with Gasteiger partial charge in [-0.25, -0.2) is 0 Å². The Labute approximate surface area is 119 Å². The third-order valence-corrected chi connectivity index (χ3v) is 2.86.